The van der Waals surface area contributed by atoms with Crippen LogP contribution in [0.5, 0.6) is 0 Å². The lowest BCUT2D eigenvalue weighted by Gasteiger charge is -2.28. The van der Waals surface area contributed by atoms with E-state index >= 15 is 0 Å². The summed E-state index contributed by atoms with van der Waals surface area (Å²) in [5.74, 6) is -0.0892. The van der Waals surface area contributed by atoms with Crippen molar-refractivity contribution in [2.45, 2.75) is 25.7 Å². The van der Waals surface area contributed by atoms with Gasteiger partial charge in [-0.05, 0) is 48.4 Å². The molecule has 0 spiro atoms. The van der Waals surface area contributed by atoms with Gasteiger partial charge in [-0.25, -0.2) is 5.43 Å². The number of hydrogen-bond donors (Lipinski definition) is 1. The van der Waals surface area contributed by atoms with Crippen LogP contribution in [0.4, 0.5) is 5.69 Å². The number of thiophene rings is 1. The Morgan fingerprint density at radius 1 is 1.17 bits per heavy atom. The number of amides is 1. The molecule has 5 heteroatoms. The van der Waals surface area contributed by atoms with Crippen LogP contribution in [0, 0.1) is 0 Å². The van der Waals surface area contributed by atoms with Crippen LogP contribution < -0.4 is 10.3 Å². The average molecular weight is 327 g/mol. The van der Waals surface area contributed by atoms with E-state index in [1.54, 1.807) is 17.6 Å². The zero-order valence-electron chi connectivity index (χ0n) is 13.1. The predicted octanol–water partition coefficient (Wildman–Crippen LogP) is 3.43. The Morgan fingerprint density at radius 3 is 2.65 bits per heavy atom. The highest BCUT2D eigenvalue weighted by Gasteiger charge is 2.10. The van der Waals surface area contributed by atoms with Gasteiger partial charge in [0.05, 0.1) is 12.6 Å². The van der Waals surface area contributed by atoms with Crippen molar-refractivity contribution in [1.82, 2.24) is 5.43 Å². The van der Waals surface area contributed by atoms with Crippen LogP contribution in [0.3, 0.4) is 0 Å². The van der Waals surface area contributed by atoms with Gasteiger partial charge in [-0.15, -0.1) is 11.3 Å². The van der Waals surface area contributed by atoms with E-state index < -0.39 is 0 Å². The summed E-state index contributed by atoms with van der Waals surface area (Å²) in [6.07, 6.45) is 5.96. The predicted molar refractivity (Wildman–Crippen MR) is 96.3 cm³/mol. The first-order valence-electron chi connectivity index (χ1n) is 8.00. The third-order valence-electron chi connectivity index (χ3n) is 3.93. The topological polar surface area (TPSA) is 44.7 Å². The molecular weight excluding hydrogens is 306 g/mol. The number of anilines is 1. The molecule has 1 amide bonds. The number of piperidine rings is 1. The molecule has 120 valence electrons. The van der Waals surface area contributed by atoms with E-state index in [-0.39, 0.29) is 5.91 Å². The van der Waals surface area contributed by atoms with Gasteiger partial charge >= 0.3 is 0 Å². The molecule has 3 rings (SSSR count). The molecule has 2 heterocycles. The molecule has 23 heavy (non-hydrogen) atoms. The van der Waals surface area contributed by atoms with Gasteiger partial charge in [-0.1, -0.05) is 18.2 Å². The normalized spacial score (nSPS) is 15.0. The molecule has 1 aliphatic heterocycles. The Labute approximate surface area is 140 Å². The summed E-state index contributed by atoms with van der Waals surface area (Å²) < 4.78 is 0. The smallest absolute Gasteiger partial charge is 0.245 e. The second-order valence-electron chi connectivity index (χ2n) is 5.69. The molecule has 0 bridgehead atoms. The van der Waals surface area contributed by atoms with Gasteiger partial charge in [-0.3, -0.25) is 4.79 Å². The largest absolute Gasteiger partial charge is 0.372 e. The van der Waals surface area contributed by atoms with Gasteiger partial charge in [0, 0.05) is 23.7 Å². The lowest BCUT2D eigenvalue weighted by Crippen LogP contribution is -2.29. The molecular formula is C18H21N3OS. The summed E-state index contributed by atoms with van der Waals surface area (Å²) in [6.45, 7) is 2.29. The lowest BCUT2D eigenvalue weighted by atomic mass is 10.1. The molecule has 0 atom stereocenters. The quantitative estimate of drug-likeness (QED) is 0.675. The minimum absolute atomic E-state index is 0.0892. The van der Waals surface area contributed by atoms with Gasteiger partial charge in [0.15, 0.2) is 0 Å². The monoisotopic (exact) mass is 327 g/mol. The zero-order valence-corrected chi connectivity index (χ0v) is 13.9. The first kappa shape index (κ1) is 15.7. The van der Waals surface area contributed by atoms with Crippen molar-refractivity contribution in [3.63, 3.8) is 0 Å². The fourth-order valence-electron chi connectivity index (χ4n) is 2.71. The summed E-state index contributed by atoms with van der Waals surface area (Å²) >= 11 is 1.58. The van der Waals surface area contributed by atoms with E-state index in [9.17, 15) is 4.79 Å². The number of rotatable bonds is 5. The fourth-order valence-corrected chi connectivity index (χ4v) is 3.42. The lowest BCUT2D eigenvalue weighted by molar-refractivity contribution is -0.120. The van der Waals surface area contributed by atoms with Gasteiger partial charge in [0.25, 0.3) is 0 Å². The van der Waals surface area contributed by atoms with Crippen molar-refractivity contribution in [2.75, 3.05) is 18.0 Å². The first-order chi connectivity index (χ1) is 11.3. The van der Waals surface area contributed by atoms with Crippen molar-refractivity contribution in [2.24, 2.45) is 5.10 Å². The second kappa shape index (κ2) is 7.92. The molecule has 1 aromatic carbocycles. The average Bonchev–Trinajstić information content (AvgIpc) is 3.09. The number of nitrogens with one attached hydrogen (secondary N) is 1. The number of carbonyl (C=O) groups is 1. The summed E-state index contributed by atoms with van der Waals surface area (Å²) in [6, 6.07) is 12.2. The van der Waals surface area contributed by atoms with Gasteiger partial charge < -0.3 is 4.90 Å². The summed E-state index contributed by atoms with van der Waals surface area (Å²) in [4.78, 5) is 15.2. The van der Waals surface area contributed by atoms with Crippen LogP contribution in [0.2, 0.25) is 0 Å². The Morgan fingerprint density at radius 2 is 1.96 bits per heavy atom. The zero-order chi connectivity index (χ0) is 15.9. The van der Waals surface area contributed by atoms with Crippen LogP contribution in [0.1, 0.15) is 29.7 Å². The highest BCUT2D eigenvalue weighted by Crippen LogP contribution is 2.19. The highest BCUT2D eigenvalue weighted by atomic mass is 32.1. The minimum atomic E-state index is -0.0892. The molecule has 0 radical (unpaired) electrons. The Balaban J connectivity index is 1.50. The van der Waals surface area contributed by atoms with E-state index in [2.05, 4.69) is 27.6 Å². The van der Waals surface area contributed by atoms with E-state index in [0.29, 0.717) is 6.42 Å². The molecule has 4 nitrogen and oxygen atoms in total. The Bertz CT molecular complexity index is 643. The maximum absolute atomic E-state index is 11.7. The van der Waals surface area contributed by atoms with Crippen LogP contribution in [0.15, 0.2) is 46.9 Å². The van der Waals surface area contributed by atoms with Gasteiger partial charge in [0.1, 0.15) is 0 Å². The minimum Gasteiger partial charge on any atom is -0.372 e. The molecule has 2 aromatic rings. The number of benzene rings is 1. The van der Waals surface area contributed by atoms with Crippen molar-refractivity contribution in [3.8, 4) is 0 Å². The van der Waals surface area contributed by atoms with E-state index in [1.165, 1.54) is 24.9 Å². The number of hydrogen-bond acceptors (Lipinski definition) is 4. The second-order valence-corrected chi connectivity index (χ2v) is 6.72. The molecule has 1 saturated heterocycles. The number of carbonyl (C=O) groups excluding carboxylic acids is 1. The summed E-state index contributed by atoms with van der Waals surface area (Å²) in [5, 5.41) is 6.00. The van der Waals surface area contributed by atoms with Gasteiger partial charge in [0.2, 0.25) is 5.91 Å². The van der Waals surface area contributed by atoms with Crippen LogP contribution in [-0.2, 0) is 11.2 Å². The molecule has 0 unspecified atom stereocenters. The van der Waals surface area contributed by atoms with E-state index in [4.69, 9.17) is 0 Å². The van der Waals surface area contributed by atoms with Crippen LogP contribution in [-0.4, -0.2) is 25.2 Å². The third-order valence-corrected chi connectivity index (χ3v) is 4.81. The van der Waals surface area contributed by atoms with Crippen molar-refractivity contribution in [3.05, 3.63) is 52.2 Å². The van der Waals surface area contributed by atoms with Gasteiger partial charge in [-0.2, -0.15) is 5.10 Å². The Hall–Kier alpha value is -2.14. The molecule has 1 aromatic heterocycles. The third kappa shape index (κ3) is 4.66. The maximum atomic E-state index is 11.7. The van der Waals surface area contributed by atoms with E-state index in [1.807, 2.05) is 29.6 Å². The summed E-state index contributed by atoms with van der Waals surface area (Å²) in [7, 11) is 0. The molecule has 0 saturated carbocycles. The first-order valence-corrected chi connectivity index (χ1v) is 8.88. The SMILES string of the molecule is O=C(Cc1cccs1)N/N=C\c1ccc(N2CCCCC2)cc1. The van der Waals surface area contributed by atoms with Crippen LogP contribution in [0.25, 0.3) is 0 Å². The maximum Gasteiger partial charge on any atom is 0.245 e. The standard InChI is InChI=1S/C18H21N3OS/c22-18(13-17-5-4-12-23-17)20-19-14-15-6-8-16(9-7-15)21-10-2-1-3-11-21/h4-9,12,14H,1-3,10-11,13H2,(H,20,22)/b19-14-. The summed E-state index contributed by atoms with van der Waals surface area (Å²) in [5.41, 5.74) is 4.83. The molecule has 1 fully saturated rings. The van der Waals surface area contributed by atoms with Crippen molar-refractivity contribution >= 4 is 29.1 Å². The molecule has 0 aliphatic carbocycles. The van der Waals surface area contributed by atoms with Crippen molar-refractivity contribution < 1.29 is 4.79 Å². The molecule has 1 aliphatic rings. The number of hydrazone groups is 1. The van der Waals surface area contributed by atoms with Crippen molar-refractivity contribution in [1.29, 1.82) is 0 Å². The highest BCUT2D eigenvalue weighted by molar-refractivity contribution is 7.10. The fraction of sp³-hybridized carbons (Fsp3) is 0.333. The van der Waals surface area contributed by atoms with E-state index in [0.717, 1.165) is 23.5 Å². The molecule has 1 N–H and O–H groups in total. The van der Waals surface area contributed by atoms with Crippen LogP contribution >= 0.6 is 11.3 Å². The number of nitrogens with zero attached hydrogens (tertiary/aromatic N) is 2. The Kier molecular flexibility index (Phi) is 5.42.